The topological polar surface area (TPSA) is 63.4 Å². The van der Waals surface area contributed by atoms with Crippen molar-refractivity contribution < 1.29 is 8.42 Å². The number of nitrogens with zero attached hydrogens (tertiary/aromatic N) is 1. The van der Waals surface area contributed by atoms with Crippen LogP contribution in [-0.2, 0) is 10.0 Å². The molecule has 0 radical (unpaired) electrons. The van der Waals surface area contributed by atoms with E-state index in [4.69, 9.17) is 5.73 Å². The van der Waals surface area contributed by atoms with Gasteiger partial charge in [-0.15, -0.1) is 0 Å². The Kier molecular flexibility index (Phi) is 5.11. The van der Waals surface area contributed by atoms with Gasteiger partial charge in [-0.3, -0.25) is 0 Å². The molecule has 2 rings (SSSR count). The van der Waals surface area contributed by atoms with Gasteiger partial charge in [0.05, 0.1) is 11.4 Å². The van der Waals surface area contributed by atoms with E-state index in [2.05, 4.69) is 18.8 Å². The maximum atomic E-state index is 12.6. The van der Waals surface area contributed by atoms with Crippen LogP contribution in [0.15, 0.2) is 29.2 Å². The number of thioether (sulfide) groups is 1. The first-order valence-electron chi connectivity index (χ1n) is 6.45. The van der Waals surface area contributed by atoms with Gasteiger partial charge in [-0.1, -0.05) is 24.8 Å². The fraction of sp³-hybridized carbons (Fsp3) is 0.429. The van der Waals surface area contributed by atoms with Crippen molar-refractivity contribution in [1.82, 2.24) is 4.31 Å². The number of rotatable bonds is 2. The number of benzene rings is 1. The molecule has 1 unspecified atom stereocenters. The van der Waals surface area contributed by atoms with Crippen molar-refractivity contribution in [2.45, 2.75) is 17.1 Å². The highest BCUT2D eigenvalue weighted by molar-refractivity contribution is 8.00. The molecule has 1 fully saturated rings. The van der Waals surface area contributed by atoms with Gasteiger partial charge in [-0.25, -0.2) is 8.42 Å². The summed E-state index contributed by atoms with van der Waals surface area (Å²) in [6, 6.07) is 6.74. The highest BCUT2D eigenvalue weighted by atomic mass is 32.2. The molecule has 1 aromatic carbocycles. The first kappa shape index (κ1) is 15.4. The molecule has 108 valence electrons. The molecule has 0 bridgehead atoms. The summed E-state index contributed by atoms with van der Waals surface area (Å²) in [6.07, 6.45) is 0. The van der Waals surface area contributed by atoms with Gasteiger partial charge in [-0.2, -0.15) is 16.1 Å². The molecule has 6 heteroatoms. The largest absolute Gasteiger partial charge is 0.320 e. The van der Waals surface area contributed by atoms with Crippen molar-refractivity contribution >= 4 is 21.8 Å². The van der Waals surface area contributed by atoms with Crippen LogP contribution in [0.2, 0.25) is 0 Å². The van der Waals surface area contributed by atoms with E-state index in [-0.39, 0.29) is 6.54 Å². The van der Waals surface area contributed by atoms with Gasteiger partial charge in [0.1, 0.15) is 0 Å². The zero-order chi connectivity index (χ0) is 14.6. The lowest BCUT2D eigenvalue weighted by Gasteiger charge is -2.29. The lowest BCUT2D eigenvalue weighted by molar-refractivity contribution is 0.424. The Labute approximate surface area is 124 Å². The van der Waals surface area contributed by atoms with Crippen LogP contribution in [0.5, 0.6) is 0 Å². The Bertz CT molecular complexity index is 632. The van der Waals surface area contributed by atoms with Crippen LogP contribution in [0.25, 0.3) is 0 Å². The van der Waals surface area contributed by atoms with E-state index in [0.29, 0.717) is 28.8 Å². The molecule has 2 N–H and O–H groups in total. The summed E-state index contributed by atoms with van der Waals surface area (Å²) in [7, 11) is -3.42. The quantitative estimate of drug-likeness (QED) is 0.832. The molecule has 0 aliphatic carbocycles. The maximum Gasteiger partial charge on any atom is 0.243 e. The van der Waals surface area contributed by atoms with Gasteiger partial charge in [0.2, 0.25) is 10.0 Å². The number of nitrogens with two attached hydrogens (primary N) is 1. The van der Waals surface area contributed by atoms with Crippen molar-refractivity contribution in [3.63, 3.8) is 0 Å². The number of hydrogen-bond acceptors (Lipinski definition) is 4. The molecular formula is C14H18N2O2S2. The SMILES string of the molecule is CC1CN(S(=O)(=O)c2cccc(C#CCN)c2)CCS1. The third-order valence-electron chi connectivity index (χ3n) is 3.01. The molecule has 1 atom stereocenters. The van der Waals surface area contributed by atoms with Crippen LogP contribution >= 0.6 is 11.8 Å². The summed E-state index contributed by atoms with van der Waals surface area (Å²) in [6.45, 7) is 3.44. The summed E-state index contributed by atoms with van der Waals surface area (Å²) < 4.78 is 26.8. The van der Waals surface area contributed by atoms with E-state index >= 15 is 0 Å². The Balaban J connectivity index is 2.29. The van der Waals surface area contributed by atoms with Crippen molar-refractivity contribution in [3.05, 3.63) is 29.8 Å². The van der Waals surface area contributed by atoms with Gasteiger partial charge in [0.25, 0.3) is 0 Å². The molecule has 0 aromatic heterocycles. The average molecular weight is 310 g/mol. The summed E-state index contributed by atoms with van der Waals surface area (Å²) in [5, 5.41) is 0.332. The molecule has 0 saturated carbocycles. The highest BCUT2D eigenvalue weighted by Gasteiger charge is 2.28. The molecule has 1 saturated heterocycles. The lowest BCUT2D eigenvalue weighted by Crippen LogP contribution is -2.40. The van der Waals surface area contributed by atoms with E-state index in [1.165, 1.54) is 0 Å². The first-order valence-corrected chi connectivity index (χ1v) is 8.93. The van der Waals surface area contributed by atoms with E-state index < -0.39 is 10.0 Å². The predicted molar refractivity (Wildman–Crippen MR) is 83.1 cm³/mol. The molecule has 1 heterocycles. The Morgan fingerprint density at radius 1 is 1.50 bits per heavy atom. The predicted octanol–water partition coefficient (Wildman–Crippen LogP) is 1.12. The summed E-state index contributed by atoms with van der Waals surface area (Å²) in [5.74, 6) is 6.44. The van der Waals surface area contributed by atoms with Crippen LogP contribution in [-0.4, -0.2) is 43.4 Å². The van der Waals surface area contributed by atoms with Crippen LogP contribution in [0.1, 0.15) is 12.5 Å². The molecule has 4 nitrogen and oxygen atoms in total. The molecule has 1 aliphatic heterocycles. The minimum atomic E-state index is -3.42. The molecule has 0 spiro atoms. The first-order chi connectivity index (χ1) is 9.54. The zero-order valence-corrected chi connectivity index (χ0v) is 13.0. The van der Waals surface area contributed by atoms with Gasteiger partial charge < -0.3 is 5.73 Å². The molecular weight excluding hydrogens is 292 g/mol. The van der Waals surface area contributed by atoms with E-state index in [9.17, 15) is 8.42 Å². The number of hydrogen-bond donors (Lipinski definition) is 1. The number of sulfonamides is 1. The van der Waals surface area contributed by atoms with Crippen molar-refractivity contribution in [1.29, 1.82) is 0 Å². The van der Waals surface area contributed by atoms with Crippen molar-refractivity contribution in [2.24, 2.45) is 5.73 Å². The second-order valence-corrected chi connectivity index (χ2v) is 8.06. The van der Waals surface area contributed by atoms with Crippen LogP contribution in [0.3, 0.4) is 0 Å². The van der Waals surface area contributed by atoms with E-state index in [0.717, 1.165) is 5.75 Å². The van der Waals surface area contributed by atoms with Gasteiger partial charge >= 0.3 is 0 Å². The maximum absolute atomic E-state index is 12.6. The highest BCUT2D eigenvalue weighted by Crippen LogP contribution is 2.24. The molecule has 1 aliphatic rings. The Morgan fingerprint density at radius 2 is 2.30 bits per heavy atom. The summed E-state index contributed by atoms with van der Waals surface area (Å²) in [4.78, 5) is 0.306. The fourth-order valence-electron chi connectivity index (χ4n) is 2.04. The zero-order valence-electron chi connectivity index (χ0n) is 11.4. The van der Waals surface area contributed by atoms with E-state index in [1.807, 2.05) is 0 Å². The minimum absolute atomic E-state index is 0.262. The second-order valence-electron chi connectivity index (χ2n) is 4.58. The molecule has 0 amide bonds. The third-order valence-corrected chi connectivity index (χ3v) is 6.01. The summed E-state index contributed by atoms with van der Waals surface area (Å²) >= 11 is 1.81. The Hall–Kier alpha value is -1.00. The molecule has 1 aromatic rings. The smallest absolute Gasteiger partial charge is 0.243 e. The standard InChI is InChI=1S/C14H18N2O2S2/c1-12-11-16(8-9-19-12)20(17,18)14-6-2-4-13(10-14)5-3-7-15/h2,4,6,10,12H,7-9,11,15H2,1H3. The fourth-order valence-corrected chi connectivity index (χ4v) is 4.84. The Morgan fingerprint density at radius 3 is 3.00 bits per heavy atom. The monoisotopic (exact) mass is 310 g/mol. The molecule has 20 heavy (non-hydrogen) atoms. The van der Waals surface area contributed by atoms with Crippen molar-refractivity contribution in [3.8, 4) is 11.8 Å². The van der Waals surface area contributed by atoms with Crippen LogP contribution in [0.4, 0.5) is 0 Å². The van der Waals surface area contributed by atoms with Crippen LogP contribution < -0.4 is 5.73 Å². The minimum Gasteiger partial charge on any atom is -0.320 e. The van der Waals surface area contributed by atoms with Gasteiger partial charge in [0, 0.05) is 29.7 Å². The third kappa shape index (κ3) is 3.55. The van der Waals surface area contributed by atoms with Gasteiger partial charge in [-0.05, 0) is 18.2 Å². The van der Waals surface area contributed by atoms with E-state index in [1.54, 1.807) is 40.3 Å². The average Bonchev–Trinajstić information content (AvgIpc) is 2.45. The normalized spacial score (nSPS) is 20.2. The van der Waals surface area contributed by atoms with Gasteiger partial charge in [0.15, 0.2) is 0 Å². The van der Waals surface area contributed by atoms with Crippen molar-refractivity contribution in [2.75, 3.05) is 25.4 Å². The second kappa shape index (κ2) is 6.64. The lowest BCUT2D eigenvalue weighted by atomic mass is 10.2. The van der Waals surface area contributed by atoms with Crippen LogP contribution in [0, 0.1) is 11.8 Å². The summed E-state index contributed by atoms with van der Waals surface area (Å²) in [5.41, 5.74) is 6.01.